The van der Waals surface area contributed by atoms with Crippen LogP contribution in [0.4, 0.5) is 0 Å². The van der Waals surface area contributed by atoms with Crippen LogP contribution in [-0.4, -0.2) is 39.9 Å². The molecule has 0 atom stereocenters. The molecule has 2 aromatic rings. The topological polar surface area (TPSA) is 74.2 Å². The smallest absolute Gasteiger partial charge is 0.130 e. The highest BCUT2D eigenvalue weighted by atomic mass is 16.5. The highest BCUT2D eigenvalue weighted by molar-refractivity contribution is 5.99. The van der Waals surface area contributed by atoms with Crippen LogP contribution in [0.5, 0.6) is 5.75 Å². The van der Waals surface area contributed by atoms with Crippen molar-refractivity contribution < 1.29 is 9.47 Å². The largest absolute Gasteiger partial charge is 0.490 e. The van der Waals surface area contributed by atoms with Crippen molar-refractivity contribution in [2.75, 3.05) is 13.1 Å². The number of nitrogens with zero attached hydrogens (tertiary/aromatic N) is 2. The summed E-state index contributed by atoms with van der Waals surface area (Å²) in [5.74, 6) is 2.28. The molecule has 0 aliphatic carbocycles. The third-order valence-electron chi connectivity index (χ3n) is 5.00. The number of amidine groups is 1. The molecule has 3 heterocycles. The number of likely N-dealkylation sites (tertiary alicyclic amines) is 1. The van der Waals surface area contributed by atoms with Crippen LogP contribution in [-0.2, 0) is 18.0 Å². The summed E-state index contributed by atoms with van der Waals surface area (Å²) in [5, 5.41) is 8.42. The van der Waals surface area contributed by atoms with Gasteiger partial charge in [0.25, 0.3) is 0 Å². The maximum absolute atomic E-state index is 8.42. The zero-order chi connectivity index (χ0) is 17.9. The number of rotatable bonds is 4. The monoisotopic (exact) mass is 352 g/mol. The highest BCUT2D eigenvalue weighted by Crippen LogP contribution is 2.27. The zero-order valence-corrected chi connectivity index (χ0v) is 15.0. The van der Waals surface area contributed by atoms with E-state index in [1.807, 2.05) is 19.1 Å². The third kappa shape index (κ3) is 3.65. The average Bonchev–Trinajstić information content (AvgIpc) is 3.33. The summed E-state index contributed by atoms with van der Waals surface area (Å²) in [7, 11) is 0. The number of piperidine rings is 1. The van der Waals surface area contributed by atoms with E-state index < -0.39 is 0 Å². The molecule has 0 radical (unpaired) electrons. The molecule has 136 valence electrons. The number of hydrogen-bond acceptors (Lipinski definition) is 4. The fourth-order valence-electron chi connectivity index (χ4n) is 3.49. The minimum absolute atomic E-state index is 0.203. The lowest BCUT2D eigenvalue weighted by Crippen LogP contribution is -2.41. The first kappa shape index (κ1) is 16.8. The van der Waals surface area contributed by atoms with Crippen molar-refractivity contribution in [3.63, 3.8) is 0 Å². The van der Waals surface area contributed by atoms with E-state index in [0.29, 0.717) is 19.0 Å². The van der Waals surface area contributed by atoms with Crippen LogP contribution in [0.1, 0.15) is 36.7 Å². The van der Waals surface area contributed by atoms with Gasteiger partial charge in [0.15, 0.2) is 0 Å². The summed E-state index contributed by atoms with van der Waals surface area (Å²) in [6.45, 7) is 5.02. The molecule has 0 unspecified atom stereocenters. The Morgan fingerprint density at radius 1 is 1.31 bits per heavy atom. The van der Waals surface area contributed by atoms with Gasteiger partial charge in [-0.15, -0.1) is 0 Å². The standard InChI is InChI=1S/C20H24N4O2/c1-14(10-19-22-6-7-23-19)20(21)24-8-4-17(5-9-24)26-18-3-2-15-12-25-13-16(15)11-18/h2-3,6-7,10-11,17,21H,4-5,8-9,12-13H2,1H3,(H,22,23)/b14-10-,21-20?. The quantitative estimate of drug-likeness (QED) is 0.654. The first-order valence-corrected chi connectivity index (χ1v) is 9.07. The second kappa shape index (κ2) is 7.33. The van der Waals surface area contributed by atoms with Crippen LogP contribution in [0, 0.1) is 5.41 Å². The number of H-pyrrole nitrogens is 1. The zero-order valence-electron chi connectivity index (χ0n) is 15.0. The van der Waals surface area contributed by atoms with Crippen LogP contribution in [0.2, 0.25) is 0 Å². The van der Waals surface area contributed by atoms with Crippen molar-refractivity contribution in [2.45, 2.75) is 39.1 Å². The normalized spacial score (nSPS) is 18.0. The summed E-state index contributed by atoms with van der Waals surface area (Å²) >= 11 is 0. The Hall–Kier alpha value is -2.60. The maximum Gasteiger partial charge on any atom is 0.130 e. The first-order chi connectivity index (χ1) is 12.7. The predicted molar refractivity (Wildman–Crippen MR) is 100 cm³/mol. The van der Waals surface area contributed by atoms with Crippen LogP contribution in [0.3, 0.4) is 0 Å². The fourth-order valence-corrected chi connectivity index (χ4v) is 3.49. The van der Waals surface area contributed by atoms with Gasteiger partial charge in [-0.3, -0.25) is 5.41 Å². The van der Waals surface area contributed by atoms with Gasteiger partial charge >= 0.3 is 0 Å². The number of ether oxygens (including phenoxy) is 2. The maximum atomic E-state index is 8.42. The van der Waals surface area contributed by atoms with E-state index in [1.165, 1.54) is 11.1 Å². The molecule has 1 fully saturated rings. The van der Waals surface area contributed by atoms with Gasteiger partial charge in [0.05, 0.1) is 13.2 Å². The lowest BCUT2D eigenvalue weighted by molar-refractivity contribution is 0.129. The average molecular weight is 352 g/mol. The van der Waals surface area contributed by atoms with E-state index in [2.05, 4.69) is 27.0 Å². The van der Waals surface area contributed by atoms with Gasteiger partial charge in [0, 0.05) is 38.3 Å². The van der Waals surface area contributed by atoms with Crippen LogP contribution >= 0.6 is 0 Å². The highest BCUT2D eigenvalue weighted by Gasteiger charge is 2.23. The summed E-state index contributed by atoms with van der Waals surface area (Å²) in [6.07, 6.45) is 7.47. The number of hydrogen-bond donors (Lipinski definition) is 2. The molecule has 2 N–H and O–H groups in total. The molecule has 0 amide bonds. The number of imidazole rings is 1. The molecule has 1 aromatic heterocycles. The van der Waals surface area contributed by atoms with Crippen molar-refractivity contribution >= 4 is 11.9 Å². The van der Waals surface area contributed by atoms with Crippen LogP contribution < -0.4 is 4.74 Å². The Labute approximate surface area is 153 Å². The fraction of sp³-hybridized carbons (Fsp3) is 0.400. The SMILES string of the molecule is C/C(=C/c1ncc[nH]1)C(=N)N1CCC(Oc2ccc3c(c2)COC3)CC1. The molecule has 1 saturated heterocycles. The lowest BCUT2D eigenvalue weighted by atomic mass is 10.1. The van der Waals surface area contributed by atoms with Crippen molar-refractivity contribution in [3.05, 3.63) is 53.1 Å². The summed E-state index contributed by atoms with van der Waals surface area (Å²) in [6, 6.07) is 6.25. The predicted octanol–water partition coefficient (Wildman–Crippen LogP) is 3.36. The number of benzene rings is 1. The van der Waals surface area contributed by atoms with E-state index in [0.717, 1.165) is 43.1 Å². The number of aromatic nitrogens is 2. The first-order valence-electron chi connectivity index (χ1n) is 9.07. The van der Waals surface area contributed by atoms with Crippen molar-refractivity contribution in [3.8, 4) is 5.75 Å². The molecule has 0 saturated carbocycles. The Morgan fingerprint density at radius 2 is 2.12 bits per heavy atom. The molecule has 6 heteroatoms. The van der Waals surface area contributed by atoms with Gasteiger partial charge in [-0.2, -0.15) is 0 Å². The molecule has 2 aliphatic rings. The summed E-state index contributed by atoms with van der Waals surface area (Å²) in [5.41, 5.74) is 3.41. The number of aromatic amines is 1. The van der Waals surface area contributed by atoms with Gasteiger partial charge in [-0.25, -0.2) is 4.98 Å². The van der Waals surface area contributed by atoms with E-state index in [1.54, 1.807) is 12.4 Å². The van der Waals surface area contributed by atoms with E-state index >= 15 is 0 Å². The van der Waals surface area contributed by atoms with Gasteiger partial charge in [0.1, 0.15) is 23.5 Å². The Balaban J connectivity index is 1.32. The minimum Gasteiger partial charge on any atom is -0.490 e. The minimum atomic E-state index is 0.203. The molecule has 0 bridgehead atoms. The molecule has 26 heavy (non-hydrogen) atoms. The Morgan fingerprint density at radius 3 is 2.88 bits per heavy atom. The summed E-state index contributed by atoms with van der Waals surface area (Å²) < 4.78 is 11.6. The molecular weight excluding hydrogens is 328 g/mol. The van der Waals surface area contributed by atoms with Crippen LogP contribution in [0.25, 0.3) is 6.08 Å². The molecule has 6 nitrogen and oxygen atoms in total. The van der Waals surface area contributed by atoms with E-state index in [-0.39, 0.29) is 6.10 Å². The van der Waals surface area contributed by atoms with Gasteiger partial charge in [0.2, 0.25) is 0 Å². The lowest BCUT2D eigenvalue weighted by Gasteiger charge is -2.34. The second-order valence-electron chi connectivity index (χ2n) is 6.88. The molecular formula is C20H24N4O2. The Bertz CT molecular complexity index is 805. The third-order valence-corrected chi connectivity index (χ3v) is 5.00. The van der Waals surface area contributed by atoms with E-state index in [4.69, 9.17) is 14.9 Å². The molecule has 4 rings (SSSR count). The second-order valence-corrected chi connectivity index (χ2v) is 6.88. The van der Waals surface area contributed by atoms with Crippen molar-refractivity contribution in [2.24, 2.45) is 0 Å². The van der Waals surface area contributed by atoms with Gasteiger partial charge in [-0.05, 0) is 41.8 Å². The molecule has 1 aromatic carbocycles. The number of nitrogens with one attached hydrogen (secondary N) is 2. The Kier molecular flexibility index (Phi) is 4.75. The van der Waals surface area contributed by atoms with Crippen LogP contribution in [0.15, 0.2) is 36.2 Å². The van der Waals surface area contributed by atoms with Crippen molar-refractivity contribution in [1.29, 1.82) is 5.41 Å². The van der Waals surface area contributed by atoms with E-state index in [9.17, 15) is 0 Å². The van der Waals surface area contributed by atoms with Gasteiger partial charge < -0.3 is 19.4 Å². The van der Waals surface area contributed by atoms with Gasteiger partial charge in [-0.1, -0.05) is 6.07 Å². The summed E-state index contributed by atoms with van der Waals surface area (Å²) in [4.78, 5) is 9.35. The molecule has 2 aliphatic heterocycles. The molecule has 0 spiro atoms. The van der Waals surface area contributed by atoms with Crippen molar-refractivity contribution in [1.82, 2.24) is 14.9 Å². The number of fused-ring (bicyclic) bond motifs is 1.